The predicted octanol–water partition coefficient (Wildman–Crippen LogP) is 2.99. The Hall–Kier alpha value is -2.40. The molecule has 1 amide bonds. The lowest BCUT2D eigenvalue weighted by Crippen LogP contribution is -2.48. The predicted molar refractivity (Wildman–Crippen MR) is 109 cm³/mol. The summed E-state index contributed by atoms with van der Waals surface area (Å²) in [6.07, 6.45) is 11.7. The van der Waals surface area contributed by atoms with Gasteiger partial charge in [0.25, 0.3) is 0 Å². The number of aromatic nitrogens is 2. The fraction of sp³-hybridized carbons (Fsp3) is 0.455. The van der Waals surface area contributed by atoms with E-state index in [1.165, 1.54) is 5.56 Å². The van der Waals surface area contributed by atoms with E-state index in [9.17, 15) is 4.79 Å². The van der Waals surface area contributed by atoms with Crippen LogP contribution in [-0.4, -0.2) is 58.2 Å². The third-order valence-corrected chi connectivity index (χ3v) is 5.30. The number of likely N-dealkylation sites (N-methyl/N-ethyl adjacent to an activating group) is 1. The van der Waals surface area contributed by atoms with E-state index in [0.717, 1.165) is 50.9 Å². The first-order valence-corrected chi connectivity index (χ1v) is 9.81. The van der Waals surface area contributed by atoms with Crippen LogP contribution in [0.25, 0.3) is 6.08 Å². The van der Waals surface area contributed by atoms with Gasteiger partial charge in [0, 0.05) is 44.5 Å². The molecule has 1 unspecified atom stereocenters. The molecular formula is C22H30N4O. The Labute approximate surface area is 162 Å². The van der Waals surface area contributed by atoms with Crippen molar-refractivity contribution < 1.29 is 4.79 Å². The van der Waals surface area contributed by atoms with E-state index in [1.54, 1.807) is 17.0 Å². The molecule has 5 nitrogen and oxygen atoms in total. The van der Waals surface area contributed by atoms with Gasteiger partial charge >= 0.3 is 0 Å². The highest BCUT2D eigenvalue weighted by Gasteiger charge is 2.24. The summed E-state index contributed by atoms with van der Waals surface area (Å²) in [4.78, 5) is 16.9. The van der Waals surface area contributed by atoms with Crippen LogP contribution in [0, 0.1) is 0 Å². The lowest BCUT2D eigenvalue weighted by Gasteiger charge is -2.37. The van der Waals surface area contributed by atoms with Crippen molar-refractivity contribution in [3.63, 3.8) is 0 Å². The van der Waals surface area contributed by atoms with E-state index in [-0.39, 0.29) is 5.91 Å². The van der Waals surface area contributed by atoms with Gasteiger partial charge in [-0.1, -0.05) is 30.3 Å². The van der Waals surface area contributed by atoms with Gasteiger partial charge in [0.1, 0.15) is 0 Å². The molecule has 1 saturated heterocycles. The Morgan fingerprint density at radius 2 is 2.15 bits per heavy atom. The zero-order valence-electron chi connectivity index (χ0n) is 16.4. The molecule has 2 heterocycles. The second-order valence-electron chi connectivity index (χ2n) is 7.42. The fourth-order valence-electron chi connectivity index (χ4n) is 3.69. The minimum Gasteiger partial charge on any atom is -0.338 e. The minimum atomic E-state index is 0.0648. The zero-order chi connectivity index (χ0) is 19.1. The molecule has 1 aromatic heterocycles. The van der Waals surface area contributed by atoms with Crippen molar-refractivity contribution in [2.24, 2.45) is 7.05 Å². The molecule has 0 spiro atoms. The third kappa shape index (κ3) is 5.79. The number of hydrogen-bond donors (Lipinski definition) is 0. The van der Waals surface area contributed by atoms with Gasteiger partial charge in [-0.3, -0.25) is 9.48 Å². The van der Waals surface area contributed by atoms with Crippen LogP contribution >= 0.6 is 0 Å². The number of aryl methyl sites for hydroxylation is 2. The molecule has 27 heavy (non-hydrogen) atoms. The number of carbonyl (C=O) groups excluding carboxylic acids is 1. The van der Waals surface area contributed by atoms with Crippen LogP contribution in [-0.2, 0) is 18.3 Å². The van der Waals surface area contributed by atoms with Gasteiger partial charge in [0.15, 0.2) is 0 Å². The number of likely N-dealkylation sites (tertiary alicyclic amines) is 1. The summed E-state index contributed by atoms with van der Waals surface area (Å²) in [7, 11) is 3.80. The average Bonchev–Trinajstić information content (AvgIpc) is 3.12. The fourth-order valence-corrected chi connectivity index (χ4v) is 3.69. The summed E-state index contributed by atoms with van der Waals surface area (Å²) in [5, 5.41) is 4.12. The Kier molecular flexibility index (Phi) is 6.82. The third-order valence-electron chi connectivity index (χ3n) is 5.30. The van der Waals surface area contributed by atoms with Crippen molar-refractivity contribution in [3.05, 3.63) is 59.9 Å². The molecule has 1 atom stereocenters. The molecule has 1 aliphatic heterocycles. The summed E-state index contributed by atoms with van der Waals surface area (Å²) < 4.78 is 1.74. The monoisotopic (exact) mass is 366 g/mol. The standard InChI is InChI=1S/C22H30N4O/c1-24-17-20(16-23-24)12-13-22(27)25(2)21-11-7-15-26(18-21)14-6-10-19-8-4-3-5-9-19/h3-5,8-9,12-13,16-17,21H,6-7,10-11,14-15,18H2,1-2H3. The summed E-state index contributed by atoms with van der Waals surface area (Å²) in [5.74, 6) is 0.0648. The van der Waals surface area contributed by atoms with Crippen molar-refractivity contribution in [1.82, 2.24) is 19.6 Å². The van der Waals surface area contributed by atoms with Gasteiger partial charge in [-0.2, -0.15) is 5.10 Å². The smallest absolute Gasteiger partial charge is 0.246 e. The highest BCUT2D eigenvalue weighted by Crippen LogP contribution is 2.16. The highest BCUT2D eigenvalue weighted by atomic mass is 16.2. The van der Waals surface area contributed by atoms with Gasteiger partial charge in [0.05, 0.1) is 6.20 Å². The number of amides is 1. The van der Waals surface area contributed by atoms with E-state index < -0.39 is 0 Å². The number of hydrogen-bond acceptors (Lipinski definition) is 3. The van der Waals surface area contributed by atoms with Gasteiger partial charge in [0.2, 0.25) is 5.91 Å². The Balaban J connectivity index is 1.46. The quantitative estimate of drug-likeness (QED) is 0.708. The van der Waals surface area contributed by atoms with Crippen molar-refractivity contribution in [2.75, 3.05) is 26.7 Å². The van der Waals surface area contributed by atoms with Crippen LogP contribution in [0.4, 0.5) is 0 Å². The summed E-state index contributed by atoms with van der Waals surface area (Å²) in [5.41, 5.74) is 2.35. The van der Waals surface area contributed by atoms with Crippen molar-refractivity contribution in [3.8, 4) is 0 Å². The Morgan fingerprint density at radius 3 is 2.89 bits per heavy atom. The van der Waals surface area contributed by atoms with Crippen molar-refractivity contribution >= 4 is 12.0 Å². The van der Waals surface area contributed by atoms with Gasteiger partial charge in [-0.25, -0.2) is 0 Å². The van der Waals surface area contributed by atoms with Crippen LogP contribution in [0.5, 0.6) is 0 Å². The lowest BCUT2D eigenvalue weighted by atomic mass is 10.0. The van der Waals surface area contributed by atoms with E-state index in [4.69, 9.17) is 0 Å². The van der Waals surface area contributed by atoms with Crippen molar-refractivity contribution in [2.45, 2.75) is 31.7 Å². The molecule has 0 saturated carbocycles. The molecular weight excluding hydrogens is 336 g/mol. The molecule has 144 valence electrons. The van der Waals surface area contributed by atoms with Crippen molar-refractivity contribution in [1.29, 1.82) is 0 Å². The minimum absolute atomic E-state index is 0.0648. The summed E-state index contributed by atoms with van der Waals surface area (Å²) in [6, 6.07) is 11.0. The molecule has 1 aromatic carbocycles. The second kappa shape index (κ2) is 9.51. The molecule has 0 bridgehead atoms. The molecule has 0 N–H and O–H groups in total. The van der Waals surface area contributed by atoms with Crippen LogP contribution < -0.4 is 0 Å². The topological polar surface area (TPSA) is 41.4 Å². The molecule has 2 aromatic rings. The number of rotatable bonds is 7. The van der Waals surface area contributed by atoms with Crippen LogP contribution in [0.15, 0.2) is 48.8 Å². The second-order valence-corrected chi connectivity index (χ2v) is 7.42. The molecule has 3 rings (SSSR count). The van der Waals surface area contributed by atoms with E-state index >= 15 is 0 Å². The first-order chi connectivity index (χ1) is 13.1. The van der Waals surface area contributed by atoms with Gasteiger partial charge < -0.3 is 9.80 Å². The summed E-state index contributed by atoms with van der Waals surface area (Å²) >= 11 is 0. The number of benzene rings is 1. The zero-order valence-corrected chi connectivity index (χ0v) is 16.4. The molecule has 5 heteroatoms. The highest BCUT2D eigenvalue weighted by molar-refractivity contribution is 5.91. The lowest BCUT2D eigenvalue weighted by molar-refractivity contribution is -0.127. The molecule has 0 radical (unpaired) electrons. The van der Waals surface area contributed by atoms with Gasteiger partial charge in [-0.15, -0.1) is 0 Å². The maximum Gasteiger partial charge on any atom is 0.246 e. The van der Waals surface area contributed by atoms with Gasteiger partial charge in [-0.05, 0) is 50.4 Å². The normalized spacial score (nSPS) is 18.1. The van der Waals surface area contributed by atoms with E-state index in [2.05, 4.69) is 40.3 Å². The van der Waals surface area contributed by atoms with Crippen LogP contribution in [0.1, 0.15) is 30.4 Å². The number of piperidine rings is 1. The van der Waals surface area contributed by atoms with E-state index in [0.29, 0.717) is 6.04 Å². The maximum absolute atomic E-state index is 12.5. The average molecular weight is 367 g/mol. The maximum atomic E-state index is 12.5. The molecule has 0 aliphatic carbocycles. The van der Waals surface area contributed by atoms with Crippen LogP contribution in [0.2, 0.25) is 0 Å². The number of nitrogens with zero attached hydrogens (tertiary/aromatic N) is 4. The Morgan fingerprint density at radius 1 is 1.33 bits per heavy atom. The first-order valence-electron chi connectivity index (χ1n) is 9.81. The van der Waals surface area contributed by atoms with Crippen LogP contribution in [0.3, 0.4) is 0 Å². The Bertz CT molecular complexity index is 753. The molecule has 1 aliphatic rings. The largest absolute Gasteiger partial charge is 0.338 e. The molecule has 1 fully saturated rings. The number of carbonyl (C=O) groups is 1. The first kappa shape index (κ1) is 19.4. The van der Waals surface area contributed by atoms with E-state index in [1.807, 2.05) is 31.3 Å². The SMILES string of the molecule is CN(C(=O)C=Cc1cnn(C)c1)C1CCCN(CCCc2ccccc2)C1. The summed E-state index contributed by atoms with van der Waals surface area (Å²) in [6.45, 7) is 3.20.